The molecule has 0 aliphatic heterocycles. The molecule has 1 heterocycles. The number of halogens is 1. The fraction of sp³-hybridized carbons (Fsp3) is 0.0909. The third-order valence-electron chi connectivity index (χ3n) is 4.22. The lowest BCUT2D eigenvalue weighted by molar-refractivity contribution is -0.123. The van der Waals surface area contributed by atoms with Gasteiger partial charge in [-0.2, -0.15) is 0 Å². The minimum atomic E-state index is -1.46. The second-order valence-corrected chi connectivity index (χ2v) is 6.65. The number of anilines is 1. The number of ether oxygens (including phenoxy) is 1. The Morgan fingerprint density at radius 3 is 2.22 bits per heavy atom. The molecule has 32 heavy (non-hydrogen) atoms. The van der Waals surface area contributed by atoms with Gasteiger partial charge in [0.05, 0.1) is 12.1 Å². The van der Waals surface area contributed by atoms with Gasteiger partial charge in [-0.15, -0.1) is 0 Å². The number of rotatable bonds is 8. The van der Waals surface area contributed by atoms with Crippen molar-refractivity contribution in [1.29, 1.82) is 0 Å². The van der Waals surface area contributed by atoms with E-state index in [2.05, 4.69) is 10.3 Å². The lowest BCUT2D eigenvalue weighted by Gasteiger charge is -2.15. The highest BCUT2D eigenvalue weighted by atomic mass is 19.1. The van der Waals surface area contributed by atoms with Crippen molar-refractivity contribution in [3.63, 3.8) is 0 Å². The highest BCUT2D eigenvalue weighted by molar-refractivity contribution is 5.98. The number of aromatic nitrogens is 1. The summed E-state index contributed by atoms with van der Waals surface area (Å²) in [5.74, 6) is -0.755. The molecule has 0 saturated carbocycles. The highest BCUT2D eigenvalue weighted by Gasteiger charge is 2.23. The van der Waals surface area contributed by atoms with Crippen LogP contribution in [0.5, 0.6) is 11.5 Å². The summed E-state index contributed by atoms with van der Waals surface area (Å²) in [7, 11) is 0. The topological polar surface area (TPSA) is 144 Å². The number of carbonyl (C=O) groups excluding carboxylic acids is 2. The first-order valence-corrected chi connectivity index (χ1v) is 9.40. The van der Waals surface area contributed by atoms with Crippen LogP contribution in [-0.4, -0.2) is 34.0 Å². The number of carboxylic acid groups (broad SMARTS) is 1. The molecule has 0 radical (unpaired) electrons. The Morgan fingerprint density at radius 1 is 1.00 bits per heavy atom. The van der Waals surface area contributed by atoms with Crippen molar-refractivity contribution in [3.05, 3.63) is 72.5 Å². The van der Waals surface area contributed by atoms with Gasteiger partial charge in [-0.1, -0.05) is 6.07 Å². The first-order valence-electron chi connectivity index (χ1n) is 9.40. The second kappa shape index (κ2) is 10.0. The van der Waals surface area contributed by atoms with E-state index in [0.29, 0.717) is 17.2 Å². The maximum atomic E-state index is 13.0. The molecule has 9 nitrogen and oxygen atoms in total. The summed E-state index contributed by atoms with van der Waals surface area (Å²) in [6.07, 6.45) is -1.95. The van der Waals surface area contributed by atoms with Crippen LogP contribution in [-0.2, 0) is 9.59 Å². The largest absolute Gasteiger partial charge is 0.465 e. The molecule has 0 saturated heterocycles. The van der Waals surface area contributed by atoms with E-state index in [1.54, 1.807) is 36.4 Å². The number of benzene rings is 2. The van der Waals surface area contributed by atoms with Crippen LogP contribution in [0.15, 0.2) is 66.7 Å². The molecule has 164 valence electrons. The number of hydrogen-bond donors (Lipinski definition) is 4. The van der Waals surface area contributed by atoms with Gasteiger partial charge < -0.3 is 26.2 Å². The van der Waals surface area contributed by atoms with Crippen LogP contribution >= 0.6 is 0 Å². The van der Waals surface area contributed by atoms with E-state index < -0.39 is 30.4 Å². The van der Waals surface area contributed by atoms with Gasteiger partial charge in [-0.25, -0.2) is 14.2 Å². The number of hydrogen-bond acceptors (Lipinski definition) is 5. The van der Waals surface area contributed by atoms with E-state index in [9.17, 15) is 18.8 Å². The lowest BCUT2D eigenvalue weighted by Crippen LogP contribution is -2.45. The Morgan fingerprint density at radius 2 is 1.62 bits per heavy atom. The molecule has 1 atom stereocenters. The molecule has 3 aromatic rings. The number of primary amides is 1. The fourth-order valence-corrected chi connectivity index (χ4v) is 2.77. The van der Waals surface area contributed by atoms with E-state index in [1.165, 1.54) is 30.3 Å². The first kappa shape index (κ1) is 22.2. The molecule has 10 heteroatoms. The van der Waals surface area contributed by atoms with Crippen LogP contribution in [0.4, 0.5) is 15.0 Å². The standard InChI is InChI=1S/C22H19FN4O5/c23-14-6-10-16(11-7-14)32-15-8-4-13(5-9-15)17-2-1-3-20(25-17)27-21(29)18(12-19(24)28)26-22(30)31/h1-11,18,26H,12H2,(H2,24,28)(H,30,31)(H,25,27,29). The predicted octanol–water partition coefficient (Wildman–Crippen LogP) is 3.13. The highest BCUT2D eigenvalue weighted by Crippen LogP contribution is 2.25. The zero-order valence-electron chi connectivity index (χ0n) is 16.6. The van der Waals surface area contributed by atoms with Crippen molar-refractivity contribution in [3.8, 4) is 22.8 Å². The van der Waals surface area contributed by atoms with Gasteiger partial charge in [0.1, 0.15) is 29.2 Å². The third kappa shape index (κ3) is 6.26. The molecule has 5 N–H and O–H groups in total. The van der Waals surface area contributed by atoms with E-state index in [4.69, 9.17) is 15.6 Å². The maximum absolute atomic E-state index is 13.0. The molecule has 1 aromatic heterocycles. The number of nitrogens with zero attached hydrogens (tertiary/aromatic N) is 1. The van der Waals surface area contributed by atoms with E-state index in [-0.39, 0.29) is 11.6 Å². The summed E-state index contributed by atoms with van der Waals surface area (Å²) in [5, 5.41) is 13.3. The number of pyridine rings is 1. The zero-order chi connectivity index (χ0) is 23.1. The summed E-state index contributed by atoms with van der Waals surface area (Å²) in [4.78, 5) is 38.7. The Balaban J connectivity index is 1.70. The number of nitrogens with one attached hydrogen (secondary N) is 2. The molecular formula is C22H19FN4O5. The third-order valence-corrected chi connectivity index (χ3v) is 4.22. The normalized spacial score (nSPS) is 11.3. The minimum absolute atomic E-state index is 0.167. The molecular weight excluding hydrogens is 419 g/mol. The Labute approximate surface area is 182 Å². The smallest absolute Gasteiger partial charge is 0.405 e. The molecule has 0 bridgehead atoms. The van der Waals surface area contributed by atoms with Crippen LogP contribution < -0.4 is 21.1 Å². The summed E-state index contributed by atoms with van der Waals surface area (Å²) in [6, 6.07) is 16.1. The van der Waals surface area contributed by atoms with E-state index >= 15 is 0 Å². The van der Waals surface area contributed by atoms with Crippen LogP contribution in [0, 0.1) is 5.82 Å². The lowest BCUT2D eigenvalue weighted by atomic mass is 10.1. The van der Waals surface area contributed by atoms with Crippen LogP contribution in [0.2, 0.25) is 0 Å². The van der Waals surface area contributed by atoms with Crippen molar-refractivity contribution in [2.75, 3.05) is 5.32 Å². The summed E-state index contributed by atoms with van der Waals surface area (Å²) >= 11 is 0. The summed E-state index contributed by atoms with van der Waals surface area (Å²) in [6.45, 7) is 0. The van der Waals surface area contributed by atoms with Crippen molar-refractivity contribution in [2.45, 2.75) is 12.5 Å². The fourth-order valence-electron chi connectivity index (χ4n) is 2.77. The van der Waals surface area contributed by atoms with Crippen LogP contribution in [0.25, 0.3) is 11.3 Å². The average Bonchev–Trinajstić information content (AvgIpc) is 2.75. The van der Waals surface area contributed by atoms with Crippen LogP contribution in [0.3, 0.4) is 0 Å². The molecule has 2 aromatic carbocycles. The molecule has 0 spiro atoms. The monoisotopic (exact) mass is 438 g/mol. The quantitative estimate of drug-likeness (QED) is 0.425. The Kier molecular flexibility index (Phi) is 6.96. The van der Waals surface area contributed by atoms with E-state index in [0.717, 1.165) is 5.56 Å². The van der Waals surface area contributed by atoms with Gasteiger partial charge in [0.15, 0.2) is 0 Å². The molecule has 3 rings (SSSR count). The molecule has 3 amide bonds. The minimum Gasteiger partial charge on any atom is -0.465 e. The number of amides is 3. The Bertz CT molecular complexity index is 1100. The van der Waals surface area contributed by atoms with E-state index in [1.807, 2.05) is 5.32 Å². The molecule has 0 fully saturated rings. The van der Waals surface area contributed by atoms with Crippen molar-refractivity contribution in [1.82, 2.24) is 10.3 Å². The maximum Gasteiger partial charge on any atom is 0.405 e. The van der Waals surface area contributed by atoms with Gasteiger partial charge in [0.25, 0.3) is 0 Å². The van der Waals surface area contributed by atoms with Gasteiger partial charge in [-0.05, 0) is 60.7 Å². The summed E-state index contributed by atoms with van der Waals surface area (Å²) in [5.41, 5.74) is 6.34. The molecule has 1 unspecified atom stereocenters. The number of nitrogens with two attached hydrogens (primary N) is 1. The zero-order valence-corrected chi connectivity index (χ0v) is 16.6. The molecule has 0 aliphatic rings. The van der Waals surface area contributed by atoms with Crippen molar-refractivity contribution >= 4 is 23.7 Å². The average molecular weight is 438 g/mol. The van der Waals surface area contributed by atoms with Gasteiger partial charge in [0.2, 0.25) is 11.8 Å². The SMILES string of the molecule is NC(=O)CC(NC(=O)O)C(=O)Nc1cccc(-c2ccc(Oc3ccc(F)cc3)cc2)n1. The predicted molar refractivity (Wildman–Crippen MR) is 114 cm³/mol. The van der Waals surface area contributed by atoms with Gasteiger partial charge in [0, 0.05) is 5.56 Å². The second-order valence-electron chi connectivity index (χ2n) is 6.65. The van der Waals surface area contributed by atoms with Crippen molar-refractivity contribution in [2.24, 2.45) is 5.73 Å². The van der Waals surface area contributed by atoms with Crippen molar-refractivity contribution < 1.29 is 28.6 Å². The first-order chi connectivity index (χ1) is 15.3. The number of carbonyl (C=O) groups is 3. The summed E-state index contributed by atoms with van der Waals surface area (Å²) < 4.78 is 18.6. The Hall–Kier alpha value is -4.47. The van der Waals surface area contributed by atoms with Gasteiger partial charge >= 0.3 is 6.09 Å². The van der Waals surface area contributed by atoms with Gasteiger partial charge in [-0.3, -0.25) is 9.59 Å². The van der Waals surface area contributed by atoms with Crippen LogP contribution in [0.1, 0.15) is 6.42 Å². The molecule has 0 aliphatic carbocycles.